The van der Waals surface area contributed by atoms with Crippen molar-refractivity contribution in [2.24, 2.45) is 0 Å². The molecule has 30 heavy (non-hydrogen) atoms. The van der Waals surface area contributed by atoms with Crippen molar-refractivity contribution < 1.29 is 9.53 Å². The number of allylic oxidation sites excluding steroid dienone is 6. The highest BCUT2D eigenvalue weighted by molar-refractivity contribution is 5.69. The lowest BCUT2D eigenvalue weighted by molar-refractivity contribution is -0.150. The number of hydrogen-bond acceptors (Lipinski definition) is 2. The average molecular weight is 411 g/mol. The summed E-state index contributed by atoms with van der Waals surface area (Å²) in [6.45, 7) is 4.29. The molecule has 0 bridgehead atoms. The standard InChI is InChI=1S/C28H42O2/c1-3-5-6-7-8-9-10-11-12-13-14-15-16-17-21-25-28(29)30-27(22-4-2)26-23-19-18-20-24-26/h5-6,8-9,11-12,18-20,23-24,27H,3-4,7,10,13-17,21-22,25H2,1-2H3/b6-5-,9-8-,12-11-. The Morgan fingerprint density at radius 1 is 0.833 bits per heavy atom. The highest BCUT2D eigenvalue weighted by Crippen LogP contribution is 2.23. The van der Waals surface area contributed by atoms with Crippen molar-refractivity contribution in [2.75, 3.05) is 0 Å². The number of ether oxygens (including phenoxy) is 1. The molecule has 0 N–H and O–H groups in total. The molecule has 0 aromatic heterocycles. The van der Waals surface area contributed by atoms with Crippen molar-refractivity contribution in [2.45, 2.75) is 97.0 Å². The third kappa shape index (κ3) is 14.0. The van der Waals surface area contributed by atoms with E-state index < -0.39 is 0 Å². The zero-order chi connectivity index (χ0) is 21.7. The Balaban J connectivity index is 2.03. The minimum Gasteiger partial charge on any atom is -0.457 e. The van der Waals surface area contributed by atoms with E-state index in [2.05, 4.69) is 50.3 Å². The fraction of sp³-hybridized carbons (Fsp3) is 0.536. The van der Waals surface area contributed by atoms with Crippen LogP contribution in [0.4, 0.5) is 0 Å². The normalized spacial score (nSPS) is 12.9. The Morgan fingerprint density at radius 2 is 1.47 bits per heavy atom. The molecule has 166 valence electrons. The summed E-state index contributed by atoms with van der Waals surface area (Å²) in [5, 5.41) is 0. The molecule has 1 rings (SSSR count). The van der Waals surface area contributed by atoms with Crippen LogP contribution in [0.5, 0.6) is 0 Å². The van der Waals surface area contributed by atoms with Gasteiger partial charge in [0.2, 0.25) is 0 Å². The molecule has 2 nitrogen and oxygen atoms in total. The van der Waals surface area contributed by atoms with Gasteiger partial charge in [0.05, 0.1) is 0 Å². The zero-order valence-corrected chi connectivity index (χ0v) is 19.2. The largest absolute Gasteiger partial charge is 0.457 e. The SMILES string of the molecule is CC/C=C\C/C=C\C/C=C\CCCCCCCC(=O)OC(CCC)c1ccccc1. The van der Waals surface area contributed by atoms with E-state index in [0.29, 0.717) is 6.42 Å². The van der Waals surface area contributed by atoms with E-state index in [9.17, 15) is 4.79 Å². The highest BCUT2D eigenvalue weighted by Gasteiger charge is 2.15. The maximum atomic E-state index is 12.2. The van der Waals surface area contributed by atoms with Gasteiger partial charge in [-0.3, -0.25) is 4.79 Å². The lowest BCUT2D eigenvalue weighted by Crippen LogP contribution is -2.11. The molecule has 0 spiro atoms. The van der Waals surface area contributed by atoms with Crippen LogP contribution in [0.25, 0.3) is 0 Å². The van der Waals surface area contributed by atoms with E-state index in [4.69, 9.17) is 4.74 Å². The molecule has 2 heteroatoms. The Kier molecular flexibility index (Phi) is 16.4. The summed E-state index contributed by atoms with van der Waals surface area (Å²) in [6.07, 6.45) is 25.8. The fourth-order valence-corrected chi connectivity index (χ4v) is 3.33. The predicted molar refractivity (Wildman–Crippen MR) is 129 cm³/mol. The molecule has 0 aliphatic heterocycles. The van der Waals surface area contributed by atoms with E-state index in [-0.39, 0.29) is 12.1 Å². The Hall–Kier alpha value is -2.09. The molecule has 0 heterocycles. The topological polar surface area (TPSA) is 26.3 Å². The second-order valence-corrected chi connectivity index (χ2v) is 7.78. The van der Waals surface area contributed by atoms with Gasteiger partial charge in [0, 0.05) is 6.42 Å². The summed E-state index contributed by atoms with van der Waals surface area (Å²) >= 11 is 0. The van der Waals surface area contributed by atoms with Crippen LogP contribution in [-0.4, -0.2) is 5.97 Å². The number of rotatable bonds is 17. The minimum absolute atomic E-state index is 0.0570. The fourth-order valence-electron chi connectivity index (χ4n) is 3.33. The quantitative estimate of drug-likeness (QED) is 0.146. The molecule has 0 saturated carbocycles. The summed E-state index contributed by atoms with van der Waals surface area (Å²) in [4.78, 5) is 12.2. The summed E-state index contributed by atoms with van der Waals surface area (Å²) in [6, 6.07) is 10.1. The molecule has 0 aliphatic rings. The van der Waals surface area contributed by atoms with Gasteiger partial charge in [-0.2, -0.15) is 0 Å². The van der Waals surface area contributed by atoms with E-state index in [1.165, 1.54) is 19.3 Å². The smallest absolute Gasteiger partial charge is 0.306 e. The second-order valence-electron chi connectivity index (χ2n) is 7.78. The van der Waals surface area contributed by atoms with Gasteiger partial charge in [0.25, 0.3) is 0 Å². The van der Waals surface area contributed by atoms with Crippen molar-refractivity contribution >= 4 is 5.97 Å². The first-order valence-electron chi connectivity index (χ1n) is 12.0. The molecule has 0 aliphatic carbocycles. The monoisotopic (exact) mass is 410 g/mol. The Bertz CT molecular complexity index is 613. The average Bonchev–Trinajstić information content (AvgIpc) is 2.76. The van der Waals surface area contributed by atoms with Gasteiger partial charge in [0.15, 0.2) is 0 Å². The molecule has 1 aromatic rings. The third-order valence-corrected chi connectivity index (χ3v) is 5.03. The van der Waals surface area contributed by atoms with E-state index in [0.717, 1.165) is 56.9 Å². The van der Waals surface area contributed by atoms with Crippen molar-refractivity contribution in [3.05, 3.63) is 72.4 Å². The Morgan fingerprint density at radius 3 is 2.17 bits per heavy atom. The summed E-state index contributed by atoms with van der Waals surface area (Å²) in [7, 11) is 0. The number of unbranched alkanes of at least 4 members (excludes halogenated alkanes) is 5. The first-order valence-corrected chi connectivity index (χ1v) is 12.0. The number of esters is 1. The van der Waals surface area contributed by atoms with Crippen molar-refractivity contribution in [3.63, 3.8) is 0 Å². The van der Waals surface area contributed by atoms with Gasteiger partial charge >= 0.3 is 5.97 Å². The summed E-state index contributed by atoms with van der Waals surface area (Å²) in [5.74, 6) is -0.0570. The van der Waals surface area contributed by atoms with Crippen LogP contribution >= 0.6 is 0 Å². The van der Waals surface area contributed by atoms with E-state index in [1.54, 1.807) is 0 Å². The molecule has 0 radical (unpaired) electrons. The molecule has 0 amide bonds. The first-order chi connectivity index (χ1) is 14.8. The first kappa shape index (κ1) is 25.9. The highest BCUT2D eigenvalue weighted by atomic mass is 16.5. The van der Waals surface area contributed by atoms with Crippen molar-refractivity contribution in [3.8, 4) is 0 Å². The predicted octanol–water partition coefficient (Wildman–Crippen LogP) is 8.66. The lowest BCUT2D eigenvalue weighted by atomic mass is 10.1. The molecule has 1 aromatic carbocycles. The third-order valence-electron chi connectivity index (χ3n) is 5.03. The van der Waals surface area contributed by atoms with Gasteiger partial charge in [0.1, 0.15) is 6.10 Å². The van der Waals surface area contributed by atoms with Gasteiger partial charge in [-0.05, 0) is 50.5 Å². The maximum absolute atomic E-state index is 12.2. The number of carbonyl (C=O) groups is 1. The minimum atomic E-state index is -0.0989. The molecule has 0 saturated heterocycles. The van der Waals surface area contributed by atoms with Crippen LogP contribution < -0.4 is 0 Å². The number of benzene rings is 1. The molecule has 1 atom stereocenters. The summed E-state index contributed by atoms with van der Waals surface area (Å²) < 4.78 is 5.74. The zero-order valence-electron chi connectivity index (χ0n) is 19.2. The maximum Gasteiger partial charge on any atom is 0.306 e. The van der Waals surface area contributed by atoms with Gasteiger partial charge < -0.3 is 4.74 Å². The van der Waals surface area contributed by atoms with Crippen molar-refractivity contribution in [1.29, 1.82) is 0 Å². The van der Waals surface area contributed by atoms with Gasteiger partial charge in [-0.1, -0.05) is 106 Å². The van der Waals surface area contributed by atoms with E-state index >= 15 is 0 Å². The Labute approximate surface area is 185 Å². The second kappa shape index (κ2) is 18.9. The summed E-state index contributed by atoms with van der Waals surface area (Å²) in [5.41, 5.74) is 1.10. The number of carbonyl (C=O) groups excluding carboxylic acids is 1. The molecular weight excluding hydrogens is 368 g/mol. The van der Waals surface area contributed by atoms with Gasteiger partial charge in [-0.25, -0.2) is 0 Å². The van der Waals surface area contributed by atoms with Crippen LogP contribution in [0.15, 0.2) is 66.8 Å². The van der Waals surface area contributed by atoms with Crippen molar-refractivity contribution in [1.82, 2.24) is 0 Å². The van der Waals surface area contributed by atoms with Gasteiger partial charge in [-0.15, -0.1) is 0 Å². The van der Waals surface area contributed by atoms with Crippen LogP contribution in [0.1, 0.15) is 103 Å². The molecule has 0 fully saturated rings. The van der Waals surface area contributed by atoms with Crippen LogP contribution in [0, 0.1) is 0 Å². The lowest BCUT2D eigenvalue weighted by Gasteiger charge is -2.17. The van der Waals surface area contributed by atoms with Crippen LogP contribution in [-0.2, 0) is 9.53 Å². The van der Waals surface area contributed by atoms with E-state index in [1.807, 2.05) is 30.3 Å². The van der Waals surface area contributed by atoms with Crippen LogP contribution in [0.3, 0.4) is 0 Å². The number of hydrogen-bond donors (Lipinski definition) is 0. The molecular formula is C28H42O2. The molecule has 1 unspecified atom stereocenters. The van der Waals surface area contributed by atoms with Crippen LogP contribution in [0.2, 0.25) is 0 Å².